The molecule has 2 aliphatic rings. The van der Waals surface area contributed by atoms with Crippen LogP contribution in [-0.4, -0.2) is 52.4 Å². The number of benzene rings is 2. The third-order valence-corrected chi connectivity index (χ3v) is 8.37. The zero-order valence-electron chi connectivity index (χ0n) is 24.5. The van der Waals surface area contributed by atoms with Crippen molar-refractivity contribution in [2.24, 2.45) is 7.05 Å². The smallest absolute Gasteiger partial charge is 0.368 e. The summed E-state index contributed by atoms with van der Waals surface area (Å²) >= 11 is 0. The third-order valence-electron chi connectivity index (χ3n) is 8.37. The number of piperidine rings is 1. The molecule has 1 saturated heterocycles. The molecule has 7 nitrogen and oxygen atoms in total. The van der Waals surface area contributed by atoms with Gasteiger partial charge in [-0.3, -0.25) is 0 Å². The van der Waals surface area contributed by atoms with Crippen LogP contribution in [0.4, 0.5) is 51.1 Å². The van der Waals surface area contributed by atoms with Gasteiger partial charge in [0, 0.05) is 37.3 Å². The van der Waals surface area contributed by atoms with E-state index >= 15 is 0 Å². The Morgan fingerprint density at radius 3 is 2.07 bits per heavy atom. The van der Waals surface area contributed by atoms with E-state index in [1.807, 2.05) is 4.90 Å². The van der Waals surface area contributed by atoms with Crippen LogP contribution < -0.4 is 15.1 Å². The SMILES string of the molecule is Cc1cc2c(cc1C(F)(F)F)N(C1CCNCC1)CCCC2CN(Cc1cc(C(F)(F)F)cc(C(F)(F)F)c1)c1nnn(C)n1. The van der Waals surface area contributed by atoms with Gasteiger partial charge in [-0.1, -0.05) is 11.2 Å². The molecule has 16 heteroatoms. The molecule has 1 N–H and O–H groups in total. The molecule has 5 rings (SSSR count). The number of aryl methyl sites for hydroxylation is 2. The number of hydrogen-bond donors (Lipinski definition) is 1. The number of fused-ring (bicyclic) bond motifs is 1. The molecule has 1 aromatic heterocycles. The molecule has 45 heavy (non-hydrogen) atoms. The highest BCUT2D eigenvalue weighted by Crippen LogP contribution is 2.43. The highest BCUT2D eigenvalue weighted by atomic mass is 19.4. The molecule has 0 spiro atoms. The molecular formula is C29H32F9N7. The minimum atomic E-state index is -5.03. The topological polar surface area (TPSA) is 62.1 Å². The van der Waals surface area contributed by atoms with Gasteiger partial charge in [-0.05, 0) is 91.9 Å². The Morgan fingerprint density at radius 2 is 1.51 bits per heavy atom. The quantitative estimate of drug-likeness (QED) is 0.300. The minimum Gasteiger partial charge on any atom is -0.368 e. The summed E-state index contributed by atoms with van der Waals surface area (Å²) in [7, 11) is 1.46. The Bertz CT molecular complexity index is 1460. The molecule has 1 fully saturated rings. The van der Waals surface area contributed by atoms with Crippen molar-refractivity contribution in [1.82, 2.24) is 25.5 Å². The highest BCUT2D eigenvalue weighted by molar-refractivity contribution is 5.61. The van der Waals surface area contributed by atoms with E-state index in [1.165, 1.54) is 31.0 Å². The zero-order valence-corrected chi connectivity index (χ0v) is 24.5. The Morgan fingerprint density at radius 1 is 0.867 bits per heavy atom. The first-order valence-electron chi connectivity index (χ1n) is 14.5. The maximum Gasteiger partial charge on any atom is 0.416 e. The average Bonchev–Trinajstić information content (AvgIpc) is 3.31. The number of aromatic nitrogens is 4. The lowest BCUT2D eigenvalue weighted by Gasteiger charge is -2.37. The molecule has 0 radical (unpaired) electrons. The van der Waals surface area contributed by atoms with Crippen molar-refractivity contribution in [1.29, 1.82) is 0 Å². The summed E-state index contributed by atoms with van der Waals surface area (Å²) in [6.07, 6.45) is -12.1. The van der Waals surface area contributed by atoms with Crippen molar-refractivity contribution in [2.45, 2.75) is 69.6 Å². The summed E-state index contributed by atoms with van der Waals surface area (Å²) in [5, 5.41) is 15.2. The fourth-order valence-corrected chi connectivity index (χ4v) is 6.29. The lowest BCUT2D eigenvalue weighted by atomic mass is 9.89. The molecule has 0 amide bonds. The first-order valence-corrected chi connectivity index (χ1v) is 14.5. The van der Waals surface area contributed by atoms with Crippen molar-refractivity contribution in [3.05, 3.63) is 63.7 Å². The summed E-state index contributed by atoms with van der Waals surface area (Å²) in [6, 6.07) is 4.06. The van der Waals surface area contributed by atoms with Gasteiger partial charge in [0.2, 0.25) is 0 Å². The van der Waals surface area contributed by atoms with Crippen LogP contribution in [0.25, 0.3) is 0 Å². The molecule has 3 heterocycles. The van der Waals surface area contributed by atoms with Gasteiger partial charge in [-0.15, -0.1) is 5.10 Å². The second-order valence-electron chi connectivity index (χ2n) is 11.6. The van der Waals surface area contributed by atoms with Crippen molar-refractivity contribution in [3.63, 3.8) is 0 Å². The predicted molar refractivity (Wildman–Crippen MR) is 148 cm³/mol. The summed E-state index contributed by atoms with van der Waals surface area (Å²) in [5.74, 6) is -0.475. The van der Waals surface area contributed by atoms with Crippen LogP contribution >= 0.6 is 0 Å². The van der Waals surface area contributed by atoms with Crippen molar-refractivity contribution < 1.29 is 39.5 Å². The monoisotopic (exact) mass is 649 g/mol. The van der Waals surface area contributed by atoms with Crippen LogP contribution in [0.2, 0.25) is 0 Å². The molecule has 246 valence electrons. The van der Waals surface area contributed by atoms with E-state index in [4.69, 9.17) is 0 Å². The number of anilines is 2. The van der Waals surface area contributed by atoms with Gasteiger partial charge in [-0.2, -0.15) is 44.3 Å². The summed E-state index contributed by atoms with van der Waals surface area (Å²) in [5.41, 5.74) is -2.84. The Hall–Kier alpha value is -3.56. The van der Waals surface area contributed by atoms with E-state index in [9.17, 15) is 39.5 Å². The fraction of sp³-hybridized carbons (Fsp3) is 0.552. The van der Waals surface area contributed by atoms with E-state index in [2.05, 4.69) is 20.7 Å². The van der Waals surface area contributed by atoms with Gasteiger partial charge in [0.1, 0.15) is 0 Å². The number of nitrogens with zero attached hydrogens (tertiary/aromatic N) is 6. The first kappa shape index (κ1) is 32.8. The maximum absolute atomic E-state index is 14.1. The van der Waals surface area contributed by atoms with Gasteiger partial charge in [0.25, 0.3) is 5.95 Å². The van der Waals surface area contributed by atoms with Crippen molar-refractivity contribution >= 4 is 11.6 Å². The molecule has 1 atom stereocenters. The lowest BCUT2D eigenvalue weighted by Crippen LogP contribution is -2.43. The van der Waals surface area contributed by atoms with Gasteiger partial charge in [0.05, 0.1) is 23.7 Å². The second-order valence-corrected chi connectivity index (χ2v) is 11.6. The molecule has 0 aliphatic carbocycles. The Labute approximate surface area is 253 Å². The first-order chi connectivity index (χ1) is 21.0. The predicted octanol–water partition coefficient (Wildman–Crippen LogP) is 6.72. The number of nitrogens with one attached hydrogen (secondary N) is 1. The van der Waals surface area contributed by atoms with E-state index in [-0.39, 0.29) is 35.7 Å². The van der Waals surface area contributed by atoms with Crippen LogP contribution in [-0.2, 0) is 32.1 Å². The normalized spacial score (nSPS) is 18.6. The Kier molecular flexibility index (Phi) is 8.99. The third kappa shape index (κ3) is 7.47. The highest BCUT2D eigenvalue weighted by Gasteiger charge is 2.39. The number of alkyl halides is 9. The van der Waals surface area contributed by atoms with Crippen LogP contribution in [0.3, 0.4) is 0 Å². The zero-order chi connectivity index (χ0) is 32.7. The molecule has 1 unspecified atom stereocenters. The number of tetrazole rings is 1. The molecule has 2 aromatic carbocycles. The second kappa shape index (κ2) is 12.3. The molecule has 2 aliphatic heterocycles. The standard InChI is InChI=1S/C29H32F9N7/c1-17-10-23-19(4-3-9-45(22-5-7-39-8-6-22)25(23)14-24(17)29(36,37)38)16-44(26-40-42-43(2)41-26)15-18-11-20(27(30,31)32)13-21(12-18)28(33,34)35/h10-14,19,22,39H,3-9,15-16H2,1-2H3. The molecule has 0 saturated carbocycles. The van der Waals surface area contributed by atoms with Crippen molar-refractivity contribution in [2.75, 3.05) is 36.0 Å². The van der Waals surface area contributed by atoms with Crippen LogP contribution in [0, 0.1) is 6.92 Å². The van der Waals surface area contributed by atoms with Crippen LogP contribution in [0.1, 0.15) is 65.0 Å². The number of hydrogen-bond acceptors (Lipinski definition) is 6. The maximum atomic E-state index is 14.1. The Balaban J connectivity index is 1.57. The average molecular weight is 650 g/mol. The summed E-state index contributed by atoms with van der Waals surface area (Å²) in [4.78, 5) is 4.57. The molecule has 0 bridgehead atoms. The van der Waals surface area contributed by atoms with Gasteiger partial charge in [-0.25, -0.2) is 0 Å². The molecular weight excluding hydrogens is 617 g/mol. The number of halogens is 9. The minimum absolute atomic E-state index is 0.0104. The van der Waals surface area contributed by atoms with Crippen molar-refractivity contribution in [3.8, 4) is 0 Å². The fourth-order valence-electron chi connectivity index (χ4n) is 6.29. The summed E-state index contributed by atoms with van der Waals surface area (Å²) in [6.45, 7) is 2.91. The number of rotatable bonds is 6. The molecule has 3 aromatic rings. The van der Waals surface area contributed by atoms with Crippen LogP contribution in [0.15, 0.2) is 30.3 Å². The largest absolute Gasteiger partial charge is 0.416 e. The van der Waals surface area contributed by atoms with E-state index in [0.29, 0.717) is 42.8 Å². The van der Waals surface area contributed by atoms with E-state index in [1.54, 1.807) is 0 Å². The van der Waals surface area contributed by atoms with Gasteiger partial charge < -0.3 is 15.1 Å². The van der Waals surface area contributed by atoms with E-state index in [0.717, 1.165) is 30.7 Å². The van der Waals surface area contributed by atoms with Crippen LogP contribution in [0.5, 0.6) is 0 Å². The lowest BCUT2D eigenvalue weighted by molar-refractivity contribution is -0.143. The van der Waals surface area contributed by atoms with E-state index < -0.39 is 47.7 Å². The van der Waals surface area contributed by atoms with Gasteiger partial charge in [0.15, 0.2) is 0 Å². The van der Waals surface area contributed by atoms with Gasteiger partial charge >= 0.3 is 18.5 Å². The summed E-state index contributed by atoms with van der Waals surface area (Å²) < 4.78 is 124.